The number of alkyl halides is 1. The minimum atomic E-state index is -0.750. The van der Waals surface area contributed by atoms with Crippen LogP contribution in [0, 0.1) is 11.6 Å². The van der Waals surface area contributed by atoms with Crippen molar-refractivity contribution in [2.24, 2.45) is 0 Å². The molecule has 0 nitrogen and oxygen atoms in total. The molecule has 0 amide bonds. The maximum atomic E-state index is 12.8. The Morgan fingerprint density at radius 2 is 1.92 bits per heavy atom. The van der Waals surface area contributed by atoms with Crippen LogP contribution in [-0.4, -0.2) is 0 Å². The highest BCUT2D eigenvalue weighted by Gasteiger charge is 2.21. The van der Waals surface area contributed by atoms with Crippen LogP contribution >= 0.6 is 15.9 Å². The van der Waals surface area contributed by atoms with Gasteiger partial charge in [-0.2, -0.15) is 0 Å². The number of rotatable bonds is 0. The second-order valence-electron chi connectivity index (χ2n) is 2.97. The van der Waals surface area contributed by atoms with E-state index in [1.54, 1.807) is 0 Å². The molecular formula is C9H7BrF2. The summed E-state index contributed by atoms with van der Waals surface area (Å²) in [4.78, 5) is 0.197. The van der Waals surface area contributed by atoms with E-state index < -0.39 is 11.6 Å². The van der Waals surface area contributed by atoms with Crippen LogP contribution in [-0.2, 0) is 6.42 Å². The van der Waals surface area contributed by atoms with E-state index in [-0.39, 0.29) is 4.83 Å². The maximum absolute atomic E-state index is 12.8. The summed E-state index contributed by atoms with van der Waals surface area (Å²) in [7, 11) is 0. The molecule has 64 valence electrons. The topological polar surface area (TPSA) is 0 Å². The Morgan fingerprint density at radius 1 is 1.25 bits per heavy atom. The molecule has 2 rings (SSSR count). The van der Waals surface area contributed by atoms with Gasteiger partial charge in [0.15, 0.2) is 11.6 Å². The molecule has 1 aromatic carbocycles. The molecule has 1 aromatic rings. The quantitative estimate of drug-likeness (QED) is 0.603. The lowest BCUT2D eigenvalue weighted by Crippen LogP contribution is -1.90. The predicted molar refractivity (Wildman–Crippen MR) is 46.3 cm³/mol. The monoisotopic (exact) mass is 232 g/mol. The van der Waals surface area contributed by atoms with Gasteiger partial charge in [0.25, 0.3) is 0 Å². The Hall–Kier alpha value is -0.440. The number of halogens is 3. The van der Waals surface area contributed by atoms with Gasteiger partial charge >= 0.3 is 0 Å². The summed E-state index contributed by atoms with van der Waals surface area (Å²) in [5, 5.41) is 0. The third kappa shape index (κ3) is 1.16. The van der Waals surface area contributed by atoms with E-state index in [4.69, 9.17) is 0 Å². The average Bonchev–Trinajstić information content (AvgIpc) is 2.35. The summed E-state index contributed by atoms with van der Waals surface area (Å²) in [6, 6.07) is 2.59. The smallest absolute Gasteiger partial charge is 0.159 e. The van der Waals surface area contributed by atoms with Gasteiger partial charge in [-0.1, -0.05) is 15.9 Å². The van der Waals surface area contributed by atoms with Gasteiger partial charge in [0.1, 0.15) is 0 Å². The number of hydrogen-bond donors (Lipinski definition) is 0. The summed E-state index contributed by atoms with van der Waals surface area (Å²) < 4.78 is 25.5. The Morgan fingerprint density at radius 3 is 2.67 bits per heavy atom. The second kappa shape index (κ2) is 2.80. The summed E-state index contributed by atoms with van der Waals surface area (Å²) in [5.41, 5.74) is 1.82. The van der Waals surface area contributed by atoms with Crippen LogP contribution in [0.3, 0.4) is 0 Å². The molecule has 3 heteroatoms. The summed E-state index contributed by atoms with van der Waals surface area (Å²) in [5.74, 6) is -1.49. The maximum Gasteiger partial charge on any atom is 0.159 e. The van der Waals surface area contributed by atoms with Crippen LogP contribution < -0.4 is 0 Å². The predicted octanol–water partition coefficient (Wildman–Crippen LogP) is 3.35. The van der Waals surface area contributed by atoms with Gasteiger partial charge < -0.3 is 0 Å². The molecule has 0 bridgehead atoms. The summed E-state index contributed by atoms with van der Waals surface area (Å²) in [6.07, 6.45) is 1.76. The molecule has 0 radical (unpaired) electrons. The van der Waals surface area contributed by atoms with E-state index in [9.17, 15) is 8.78 Å². The number of aryl methyl sites for hydroxylation is 1. The van der Waals surface area contributed by atoms with Crippen LogP contribution in [0.1, 0.15) is 22.4 Å². The average molecular weight is 233 g/mol. The number of benzene rings is 1. The first-order chi connectivity index (χ1) is 5.68. The number of hydrogen-bond acceptors (Lipinski definition) is 0. The highest BCUT2D eigenvalue weighted by atomic mass is 79.9. The molecule has 1 aliphatic rings. The van der Waals surface area contributed by atoms with Crippen LogP contribution in [0.25, 0.3) is 0 Å². The molecule has 1 atom stereocenters. The molecule has 12 heavy (non-hydrogen) atoms. The standard InChI is InChI=1S/C9H7BrF2/c10-7-2-1-5-3-8(11)9(12)4-6(5)7/h3-4,7H,1-2H2. The zero-order valence-corrected chi connectivity index (χ0v) is 7.87. The highest BCUT2D eigenvalue weighted by molar-refractivity contribution is 9.09. The first-order valence-electron chi connectivity index (χ1n) is 3.80. The van der Waals surface area contributed by atoms with E-state index in [0.717, 1.165) is 24.0 Å². The van der Waals surface area contributed by atoms with Gasteiger partial charge in [-0.15, -0.1) is 0 Å². The number of fused-ring (bicyclic) bond motifs is 1. The van der Waals surface area contributed by atoms with Gasteiger partial charge in [0.05, 0.1) is 0 Å². The van der Waals surface area contributed by atoms with E-state index in [2.05, 4.69) is 15.9 Å². The fourth-order valence-corrected chi connectivity index (χ4v) is 2.20. The third-order valence-electron chi connectivity index (χ3n) is 2.19. The normalized spacial score (nSPS) is 21.1. The van der Waals surface area contributed by atoms with Gasteiger partial charge in [-0.25, -0.2) is 8.78 Å². The Labute approximate surface area is 77.7 Å². The second-order valence-corrected chi connectivity index (χ2v) is 4.08. The van der Waals surface area contributed by atoms with Gasteiger partial charge in [-0.3, -0.25) is 0 Å². The molecule has 0 saturated heterocycles. The van der Waals surface area contributed by atoms with Gasteiger partial charge in [-0.05, 0) is 36.1 Å². The van der Waals surface area contributed by atoms with Gasteiger partial charge in [0, 0.05) is 4.83 Å². The van der Waals surface area contributed by atoms with E-state index in [0.29, 0.717) is 0 Å². The van der Waals surface area contributed by atoms with Crippen molar-refractivity contribution in [3.8, 4) is 0 Å². The fraction of sp³-hybridized carbons (Fsp3) is 0.333. The van der Waals surface area contributed by atoms with Crippen molar-refractivity contribution < 1.29 is 8.78 Å². The lowest BCUT2D eigenvalue weighted by atomic mass is 10.1. The van der Waals surface area contributed by atoms with E-state index in [1.165, 1.54) is 12.1 Å². The van der Waals surface area contributed by atoms with Crippen molar-refractivity contribution in [3.63, 3.8) is 0 Å². The highest BCUT2D eigenvalue weighted by Crippen LogP contribution is 2.38. The van der Waals surface area contributed by atoms with Crippen LogP contribution in [0.5, 0.6) is 0 Å². The molecule has 0 saturated carbocycles. The molecule has 0 fully saturated rings. The molecule has 0 aromatic heterocycles. The van der Waals surface area contributed by atoms with Crippen molar-refractivity contribution in [2.75, 3.05) is 0 Å². The van der Waals surface area contributed by atoms with Crippen molar-refractivity contribution in [2.45, 2.75) is 17.7 Å². The Bertz CT molecular complexity index is 323. The lowest BCUT2D eigenvalue weighted by Gasteiger charge is -2.02. The van der Waals surface area contributed by atoms with Gasteiger partial charge in [0.2, 0.25) is 0 Å². The molecular weight excluding hydrogens is 226 g/mol. The molecule has 1 unspecified atom stereocenters. The largest absolute Gasteiger partial charge is 0.204 e. The van der Waals surface area contributed by atoms with E-state index in [1.807, 2.05) is 0 Å². The third-order valence-corrected chi connectivity index (χ3v) is 3.14. The van der Waals surface area contributed by atoms with Crippen molar-refractivity contribution in [1.82, 2.24) is 0 Å². The zero-order valence-electron chi connectivity index (χ0n) is 6.28. The summed E-state index contributed by atoms with van der Waals surface area (Å²) in [6.45, 7) is 0. The zero-order chi connectivity index (χ0) is 8.72. The molecule has 0 aliphatic heterocycles. The van der Waals surface area contributed by atoms with Crippen molar-refractivity contribution in [3.05, 3.63) is 34.9 Å². The minimum absolute atomic E-state index is 0.197. The van der Waals surface area contributed by atoms with Crippen LogP contribution in [0.2, 0.25) is 0 Å². The Kier molecular flexibility index (Phi) is 1.91. The molecule has 0 heterocycles. The summed E-state index contributed by atoms with van der Waals surface area (Å²) >= 11 is 3.41. The van der Waals surface area contributed by atoms with Crippen molar-refractivity contribution in [1.29, 1.82) is 0 Å². The van der Waals surface area contributed by atoms with E-state index >= 15 is 0 Å². The lowest BCUT2D eigenvalue weighted by molar-refractivity contribution is 0.507. The van der Waals surface area contributed by atoms with Crippen LogP contribution in [0.4, 0.5) is 8.78 Å². The first kappa shape index (κ1) is 8.17. The van der Waals surface area contributed by atoms with Crippen LogP contribution in [0.15, 0.2) is 12.1 Å². The minimum Gasteiger partial charge on any atom is -0.204 e. The molecule has 0 N–H and O–H groups in total. The first-order valence-corrected chi connectivity index (χ1v) is 4.72. The molecule has 1 aliphatic carbocycles. The molecule has 0 spiro atoms. The fourth-order valence-electron chi connectivity index (χ4n) is 1.55. The Balaban J connectivity index is 2.56. The van der Waals surface area contributed by atoms with Crippen molar-refractivity contribution >= 4 is 15.9 Å². The SMILES string of the molecule is Fc1cc2c(cc1F)C(Br)CC2.